The van der Waals surface area contributed by atoms with Crippen LogP contribution in [0.5, 0.6) is 0 Å². The smallest absolute Gasteiger partial charge is 0.273 e. The molecule has 0 spiro atoms. The first-order valence-corrected chi connectivity index (χ1v) is 7.35. The minimum absolute atomic E-state index is 0.0562. The van der Waals surface area contributed by atoms with Gasteiger partial charge in [-0.3, -0.25) is 9.59 Å². The largest absolute Gasteiger partial charge is 0.347 e. The Balaban J connectivity index is 2.03. The zero-order valence-corrected chi connectivity index (χ0v) is 13.8. The van der Waals surface area contributed by atoms with Gasteiger partial charge in [0.15, 0.2) is 5.69 Å². The Labute approximate surface area is 135 Å². The fraction of sp³-hybridized carbons (Fsp3) is 0.375. The molecular weight excluding hydrogens is 294 g/mol. The van der Waals surface area contributed by atoms with Crippen LogP contribution in [-0.4, -0.2) is 45.8 Å². The molecule has 7 heteroatoms. The van der Waals surface area contributed by atoms with E-state index in [1.807, 2.05) is 38.1 Å². The highest BCUT2D eigenvalue weighted by molar-refractivity contribution is 5.92. The minimum Gasteiger partial charge on any atom is -0.347 e. The van der Waals surface area contributed by atoms with Crippen molar-refractivity contribution in [2.75, 3.05) is 14.1 Å². The van der Waals surface area contributed by atoms with Gasteiger partial charge in [0, 0.05) is 14.1 Å². The number of benzene rings is 1. The van der Waals surface area contributed by atoms with Gasteiger partial charge in [-0.15, -0.1) is 5.10 Å². The average Bonchev–Trinajstić information content (AvgIpc) is 2.96. The molecule has 23 heavy (non-hydrogen) atoms. The molecule has 0 bridgehead atoms. The van der Waals surface area contributed by atoms with Gasteiger partial charge in [0.1, 0.15) is 6.54 Å². The van der Waals surface area contributed by atoms with E-state index in [0.717, 1.165) is 11.1 Å². The van der Waals surface area contributed by atoms with Crippen LogP contribution in [0.2, 0.25) is 0 Å². The molecular formula is C16H21N5O2. The number of carbonyl (C=O) groups excluding carboxylic acids is 2. The number of likely N-dealkylation sites (N-methyl/N-ethyl adjacent to an activating group) is 1. The summed E-state index contributed by atoms with van der Waals surface area (Å²) in [5.41, 5.74) is 2.36. The van der Waals surface area contributed by atoms with Crippen molar-refractivity contribution in [3.05, 3.63) is 47.3 Å². The average molecular weight is 315 g/mol. The molecule has 2 amide bonds. The number of amides is 2. The molecule has 0 radical (unpaired) electrons. The standard InChI is InChI=1S/C16H21N5O2/c1-11-7-5-6-8-13(11)12(2)17-16(23)14-9-21(19-18-14)10-15(22)20(3)4/h5-9,12H,10H2,1-4H3,(H,17,23). The topological polar surface area (TPSA) is 80.1 Å². The maximum absolute atomic E-state index is 12.3. The van der Waals surface area contributed by atoms with Gasteiger partial charge in [-0.1, -0.05) is 29.5 Å². The highest BCUT2D eigenvalue weighted by atomic mass is 16.2. The molecule has 122 valence electrons. The summed E-state index contributed by atoms with van der Waals surface area (Å²) in [4.78, 5) is 25.3. The summed E-state index contributed by atoms with van der Waals surface area (Å²) in [6.07, 6.45) is 1.47. The van der Waals surface area contributed by atoms with E-state index < -0.39 is 0 Å². The third-order valence-corrected chi connectivity index (χ3v) is 3.57. The van der Waals surface area contributed by atoms with E-state index in [2.05, 4.69) is 15.6 Å². The predicted molar refractivity (Wildman–Crippen MR) is 85.8 cm³/mol. The summed E-state index contributed by atoms with van der Waals surface area (Å²) >= 11 is 0. The van der Waals surface area contributed by atoms with Crippen molar-refractivity contribution in [3.63, 3.8) is 0 Å². The lowest BCUT2D eigenvalue weighted by atomic mass is 10.0. The van der Waals surface area contributed by atoms with Crippen molar-refractivity contribution in [3.8, 4) is 0 Å². The molecule has 2 rings (SSSR count). The van der Waals surface area contributed by atoms with Crippen LogP contribution in [-0.2, 0) is 11.3 Å². The molecule has 0 aliphatic rings. The Bertz CT molecular complexity index is 708. The van der Waals surface area contributed by atoms with Gasteiger partial charge in [-0.05, 0) is 25.0 Å². The predicted octanol–water partition coefficient (Wildman–Crippen LogP) is 1.17. The van der Waals surface area contributed by atoms with Crippen LogP contribution in [0.3, 0.4) is 0 Å². The molecule has 2 aromatic rings. The molecule has 1 heterocycles. The van der Waals surface area contributed by atoms with Gasteiger partial charge in [-0.2, -0.15) is 0 Å². The molecule has 7 nitrogen and oxygen atoms in total. The van der Waals surface area contributed by atoms with E-state index in [-0.39, 0.29) is 30.1 Å². The fourth-order valence-corrected chi connectivity index (χ4v) is 2.18. The fourth-order valence-electron chi connectivity index (χ4n) is 2.18. The maximum Gasteiger partial charge on any atom is 0.273 e. The lowest BCUT2D eigenvalue weighted by Crippen LogP contribution is -2.27. The third-order valence-electron chi connectivity index (χ3n) is 3.57. The summed E-state index contributed by atoms with van der Waals surface area (Å²) in [5, 5.41) is 10.5. The second kappa shape index (κ2) is 7.04. The minimum atomic E-state index is -0.315. The number of hydrogen-bond donors (Lipinski definition) is 1. The highest BCUT2D eigenvalue weighted by Gasteiger charge is 2.16. The monoisotopic (exact) mass is 315 g/mol. The van der Waals surface area contributed by atoms with Crippen LogP contribution >= 0.6 is 0 Å². The number of aromatic nitrogens is 3. The quantitative estimate of drug-likeness (QED) is 0.898. The highest BCUT2D eigenvalue weighted by Crippen LogP contribution is 2.16. The zero-order chi connectivity index (χ0) is 17.0. The number of nitrogens with zero attached hydrogens (tertiary/aromatic N) is 4. The first-order chi connectivity index (χ1) is 10.9. The summed E-state index contributed by atoms with van der Waals surface area (Å²) < 4.78 is 1.36. The molecule has 1 N–H and O–H groups in total. The first-order valence-electron chi connectivity index (χ1n) is 7.35. The van der Waals surface area contributed by atoms with Crippen molar-refractivity contribution in [1.82, 2.24) is 25.2 Å². The molecule has 1 atom stereocenters. The number of carbonyl (C=O) groups is 2. The van der Waals surface area contributed by atoms with E-state index in [9.17, 15) is 9.59 Å². The van der Waals surface area contributed by atoms with E-state index in [0.29, 0.717) is 0 Å². The summed E-state index contributed by atoms with van der Waals surface area (Å²) in [6, 6.07) is 7.74. The van der Waals surface area contributed by atoms with Crippen molar-refractivity contribution in [2.24, 2.45) is 0 Å². The van der Waals surface area contributed by atoms with Crippen molar-refractivity contribution in [1.29, 1.82) is 0 Å². The van der Waals surface area contributed by atoms with Gasteiger partial charge in [-0.25, -0.2) is 4.68 Å². The number of rotatable bonds is 5. The SMILES string of the molecule is Cc1ccccc1C(C)NC(=O)c1cn(CC(=O)N(C)C)nn1. The summed E-state index contributed by atoms with van der Waals surface area (Å²) in [5.74, 6) is -0.431. The van der Waals surface area contributed by atoms with E-state index in [1.54, 1.807) is 14.1 Å². The normalized spacial score (nSPS) is 11.8. The number of aryl methyl sites for hydroxylation is 1. The van der Waals surface area contributed by atoms with Gasteiger partial charge in [0.05, 0.1) is 12.2 Å². The lowest BCUT2D eigenvalue weighted by Gasteiger charge is -2.15. The molecule has 0 saturated carbocycles. The van der Waals surface area contributed by atoms with E-state index in [4.69, 9.17) is 0 Å². The molecule has 1 aromatic heterocycles. The summed E-state index contributed by atoms with van der Waals surface area (Å²) in [7, 11) is 3.33. The van der Waals surface area contributed by atoms with Crippen molar-refractivity contribution in [2.45, 2.75) is 26.4 Å². The number of hydrogen-bond acceptors (Lipinski definition) is 4. The van der Waals surface area contributed by atoms with Crippen LogP contribution in [0.4, 0.5) is 0 Å². The Morgan fingerprint density at radius 2 is 2.00 bits per heavy atom. The molecule has 1 unspecified atom stereocenters. The second-order valence-corrected chi connectivity index (χ2v) is 5.64. The van der Waals surface area contributed by atoms with Gasteiger partial charge in [0.2, 0.25) is 5.91 Å². The van der Waals surface area contributed by atoms with Gasteiger partial charge >= 0.3 is 0 Å². The van der Waals surface area contributed by atoms with Gasteiger partial charge < -0.3 is 10.2 Å². The molecule has 0 aliphatic heterocycles. The molecule has 0 fully saturated rings. The Kier molecular flexibility index (Phi) is 5.10. The van der Waals surface area contributed by atoms with Crippen LogP contribution in [0.15, 0.2) is 30.5 Å². The van der Waals surface area contributed by atoms with Crippen LogP contribution < -0.4 is 5.32 Å². The maximum atomic E-state index is 12.3. The van der Waals surface area contributed by atoms with Crippen molar-refractivity contribution >= 4 is 11.8 Å². The van der Waals surface area contributed by atoms with Crippen molar-refractivity contribution < 1.29 is 9.59 Å². The van der Waals surface area contributed by atoms with Crippen LogP contribution in [0.25, 0.3) is 0 Å². The first kappa shape index (κ1) is 16.7. The van der Waals surface area contributed by atoms with Gasteiger partial charge in [0.25, 0.3) is 5.91 Å². The Hall–Kier alpha value is -2.70. The van der Waals surface area contributed by atoms with E-state index >= 15 is 0 Å². The second-order valence-electron chi connectivity index (χ2n) is 5.64. The number of nitrogens with one attached hydrogen (secondary N) is 1. The Morgan fingerprint density at radius 1 is 1.30 bits per heavy atom. The lowest BCUT2D eigenvalue weighted by molar-refractivity contribution is -0.129. The molecule has 1 aromatic carbocycles. The van der Waals surface area contributed by atoms with Crippen LogP contribution in [0, 0.1) is 6.92 Å². The van der Waals surface area contributed by atoms with E-state index in [1.165, 1.54) is 15.8 Å². The molecule has 0 aliphatic carbocycles. The zero-order valence-electron chi connectivity index (χ0n) is 13.8. The Morgan fingerprint density at radius 3 is 2.65 bits per heavy atom. The summed E-state index contributed by atoms with van der Waals surface area (Å²) in [6.45, 7) is 3.97. The van der Waals surface area contributed by atoms with Crippen LogP contribution in [0.1, 0.15) is 34.6 Å². The molecule has 0 saturated heterocycles. The third kappa shape index (κ3) is 4.15.